The summed E-state index contributed by atoms with van der Waals surface area (Å²) in [6.07, 6.45) is -5.09. The normalized spacial score (nSPS) is 13.0. The molecule has 1 aromatic rings. The number of carbonyl (C=O) groups excluding carboxylic acids is 1. The summed E-state index contributed by atoms with van der Waals surface area (Å²) in [7, 11) is 0. The van der Waals surface area contributed by atoms with Crippen molar-refractivity contribution in [2.75, 3.05) is 6.61 Å². The lowest BCUT2D eigenvalue weighted by atomic mass is 10.0. The number of benzene rings is 1. The first kappa shape index (κ1) is 21.3. The summed E-state index contributed by atoms with van der Waals surface area (Å²) >= 11 is 0. The molecule has 0 radical (unpaired) electrons. The Morgan fingerprint density at radius 3 is 2.30 bits per heavy atom. The van der Waals surface area contributed by atoms with Gasteiger partial charge in [-0.25, -0.2) is 9.18 Å². The lowest BCUT2D eigenvalue weighted by Gasteiger charge is -2.22. The Morgan fingerprint density at radius 1 is 1.26 bits per heavy atom. The lowest BCUT2D eigenvalue weighted by Crippen LogP contribution is -2.42. The monoisotopic (exact) mass is 367 g/mol. The molecule has 0 heterocycles. The first-order valence-corrected chi connectivity index (χ1v) is 5.84. The van der Waals surface area contributed by atoms with Gasteiger partial charge in [-0.3, -0.25) is 0 Å². The van der Waals surface area contributed by atoms with Crippen LogP contribution in [0.5, 0.6) is 5.75 Å². The molecule has 23 heavy (non-hydrogen) atoms. The van der Waals surface area contributed by atoms with Gasteiger partial charge in [0, 0.05) is 5.56 Å². The fourth-order valence-corrected chi connectivity index (χ4v) is 1.51. The third-order valence-corrected chi connectivity index (χ3v) is 2.47. The van der Waals surface area contributed by atoms with Crippen molar-refractivity contribution in [2.24, 2.45) is 5.73 Å². The second kappa shape index (κ2) is 7.73. The Labute approximate surface area is 132 Å². The van der Waals surface area contributed by atoms with Crippen molar-refractivity contribution in [2.45, 2.75) is 25.3 Å². The highest BCUT2D eigenvalue weighted by atomic mass is 35.5. The van der Waals surface area contributed by atoms with Crippen LogP contribution in [0.25, 0.3) is 0 Å². The molecule has 2 N–H and O–H groups in total. The molecule has 0 aliphatic heterocycles. The van der Waals surface area contributed by atoms with Crippen LogP contribution in [0.2, 0.25) is 0 Å². The average Bonchev–Trinajstić information content (AvgIpc) is 2.38. The summed E-state index contributed by atoms with van der Waals surface area (Å²) in [6.45, 7) is 0.888. The zero-order valence-corrected chi connectivity index (χ0v) is 12.3. The molecule has 4 nitrogen and oxygen atoms in total. The number of ether oxygens (including phenoxy) is 2. The minimum atomic E-state index is -5.09. The molecule has 0 unspecified atom stereocenters. The van der Waals surface area contributed by atoms with Crippen LogP contribution in [0.15, 0.2) is 18.2 Å². The van der Waals surface area contributed by atoms with E-state index in [4.69, 9.17) is 5.73 Å². The fraction of sp³-hybridized carbons (Fsp3) is 0.417. The van der Waals surface area contributed by atoms with Crippen LogP contribution in [-0.4, -0.2) is 24.9 Å². The van der Waals surface area contributed by atoms with Crippen LogP contribution in [0.1, 0.15) is 18.5 Å². The topological polar surface area (TPSA) is 61.5 Å². The van der Waals surface area contributed by atoms with Gasteiger partial charge in [0.2, 0.25) is 0 Å². The molecule has 0 amide bonds. The number of hydrogen-bond acceptors (Lipinski definition) is 4. The van der Waals surface area contributed by atoms with E-state index in [1.807, 2.05) is 0 Å². The minimum absolute atomic E-state index is 0. The fourth-order valence-electron chi connectivity index (χ4n) is 1.51. The standard InChI is InChI=1S/C12H11F6NO3.ClH/c1-2-21-10(20)11(14,15)9(19)7-5-6(3-4-8(7)13)22-12(16,17)18;/h3-5,9H,2,19H2,1H3;1H/t9-;/m1./s1. The van der Waals surface area contributed by atoms with E-state index >= 15 is 0 Å². The number of rotatable bonds is 5. The Balaban J connectivity index is 0.00000484. The molecule has 0 bridgehead atoms. The first-order chi connectivity index (χ1) is 9.99. The maximum absolute atomic E-state index is 13.7. The summed E-state index contributed by atoms with van der Waals surface area (Å²) in [5.74, 6) is -8.60. The number of alkyl halides is 5. The largest absolute Gasteiger partial charge is 0.573 e. The Kier molecular flexibility index (Phi) is 7.17. The Morgan fingerprint density at radius 2 is 1.83 bits per heavy atom. The van der Waals surface area contributed by atoms with Crippen molar-refractivity contribution in [1.29, 1.82) is 0 Å². The summed E-state index contributed by atoms with van der Waals surface area (Å²) in [6, 6.07) is -1.14. The predicted molar refractivity (Wildman–Crippen MR) is 68.8 cm³/mol. The molecule has 11 heteroatoms. The molecule has 0 saturated carbocycles. The van der Waals surface area contributed by atoms with Crippen LogP contribution >= 0.6 is 12.4 Å². The van der Waals surface area contributed by atoms with E-state index in [-0.39, 0.29) is 19.0 Å². The molecule has 0 aliphatic rings. The Bertz CT molecular complexity index is 552. The summed E-state index contributed by atoms with van der Waals surface area (Å²) < 4.78 is 84.7. The third-order valence-electron chi connectivity index (χ3n) is 2.47. The highest BCUT2D eigenvalue weighted by molar-refractivity contribution is 5.85. The zero-order chi connectivity index (χ0) is 17.1. The molecule has 132 valence electrons. The van der Waals surface area contributed by atoms with Gasteiger partial charge in [-0.1, -0.05) is 0 Å². The molecule has 0 fully saturated rings. The van der Waals surface area contributed by atoms with Crippen LogP contribution in [0, 0.1) is 5.82 Å². The Hall–Kier alpha value is -1.68. The van der Waals surface area contributed by atoms with Crippen molar-refractivity contribution in [1.82, 2.24) is 0 Å². The van der Waals surface area contributed by atoms with Gasteiger partial charge in [-0.05, 0) is 25.1 Å². The van der Waals surface area contributed by atoms with Gasteiger partial charge < -0.3 is 15.2 Å². The second-order valence-electron chi connectivity index (χ2n) is 4.05. The van der Waals surface area contributed by atoms with Gasteiger partial charge in [-0.15, -0.1) is 25.6 Å². The molecular formula is C12H12ClF6NO3. The van der Waals surface area contributed by atoms with Crippen LogP contribution < -0.4 is 10.5 Å². The van der Waals surface area contributed by atoms with Gasteiger partial charge in [-0.2, -0.15) is 8.78 Å². The summed E-state index contributed by atoms with van der Waals surface area (Å²) in [5.41, 5.74) is 4.10. The van der Waals surface area contributed by atoms with Gasteiger partial charge in [0.1, 0.15) is 17.6 Å². The molecule has 0 spiro atoms. The number of carbonyl (C=O) groups is 1. The van der Waals surface area contributed by atoms with E-state index < -0.39 is 41.4 Å². The summed E-state index contributed by atoms with van der Waals surface area (Å²) in [5, 5.41) is 0. The SMILES string of the molecule is CCOC(=O)C(F)(F)[C@H](N)c1cc(OC(F)(F)F)ccc1F.Cl. The average molecular weight is 368 g/mol. The molecule has 1 rings (SSSR count). The number of nitrogens with two attached hydrogens (primary N) is 1. The third kappa shape index (κ3) is 5.47. The van der Waals surface area contributed by atoms with Crippen molar-refractivity contribution in [3.63, 3.8) is 0 Å². The summed E-state index contributed by atoms with van der Waals surface area (Å²) in [4.78, 5) is 11.1. The van der Waals surface area contributed by atoms with E-state index in [1.54, 1.807) is 0 Å². The van der Waals surface area contributed by atoms with Crippen LogP contribution in [0.4, 0.5) is 26.3 Å². The molecule has 1 aromatic carbocycles. The minimum Gasteiger partial charge on any atom is -0.462 e. The first-order valence-electron chi connectivity index (χ1n) is 5.84. The van der Waals surface area contributed by atoms with Crippen LogP contribution in [0.3, 0.4) is 0 Å². The molecule has 0 aromatic heterocycles. The molecule has 0 saturated heterocycles. The van der Waals surface area contributed by atoms with E-state index in [0.29, 0.717) is 18.2 Å². The molecule has 0 aliphatic carbocycles. The van der Waals surface area contributed by atoms with Crippen LogP contribution in [-0.2, 0) is 9.53 Å². The van der Waals surface area contributed by atoms with Gasteiger partial charge in [0.25, 0.3) is 0 Å². The molecular weight excluding hydrogens is 356 g/mol. The highest BCUT2D eigenvalue weighted by Crippen LogP contribution is 2.34. The lowest BCUT2D eigenvalue weighted by molar-refractivity contribution is -0.274. The second-order valence-corrected chi connectivity index (χ2v) is 4.05. The van der Waals surface area contributed by atoms with E-state index in [0.717, 1.165) is 0 Å². The number of halogens is 7. The van der Waals surface area contributed by atoms with E-state index in [1.165, 1.54) is 6.92 Å². The van der Waals surface area contributed by atoms with Gasteiger partial charge >= 0.3 is 18.3 Å². The van der Waals surface area contributed by atoms with E-state index in [2.05, 4.69) is 9.47 Å². The predicted octanol–water partition coefficient (Wildman–Crippen LogP) is 3.34. The van der Waals surface area contributed by atoms with Crippen molar-refractivity contribution in [3.05, 3.63) is 29.6 Å². The van der Waals surface area contributed by atoms with Crippen molar-refractivity contribution in [3.8, 4) is 5.75 Å². The highest BCUT2D eigenvalue weighted by Gasteiger charge is 2.48. The zero-order valence-electron chi connectivity index (χ0n) is 11.5. The maximum atomic E-state index is 13.7. The molecule has 1 atom stereocenters. The van der Waals surface area contributed by atoms with E-state index in [9.17, 15) is 31.1 Å². The van der Waals surface area contributed by atoms with Crippen molar-refractivity contribution < 1.29 is 40.6 Å². The van der Waals surface area contributed by atoms with Gasteiger partial charge in [0.15, 0.2) is 0 Å². The number of esters is 1. The van der Waals surface area contributed by atoms with Crippen molar-refractivity contribution >= 4 is 18.4 Å². The quantitative estimate of drug-likeness (QED) is 0.640. The maximum Gasteiger partial charge on any atom is 0.573 e. The number of hydrogen-bond donors (Lipinski definition) is 1. The van der Waals surface area contributed by atoms with Gasteiger partial charge in [0.05, 0.1) is 6.61 Å². The smallest absolute Gasteiger partial charge is 0.462 e.